The van der Waals surface area contributed by atoms with E-state index in [1.54, 1.807) is 6.92 Å². The summed E-state index contributed by atoms with van der Waals surface area (Å²) in [5, 5.41) is 14.3. The van der Waals surface area contributed by atoms with Gasteiger partial charge in [0.1, 0.15) is 18.1 Å². The SMILES string of the molecule is CCC(=O)N[C@H](Cc1ccc2ccccc2c1)C(=O)N[C@H](C(=O)N[C@@H](CCCCN)C(=O)NC(c1ccccc1)c1ccccc1)C1CCCC1. The summed E-state index contributed by atoms with van der Waals surface area (Å²) in [6, 6.07) is 30.5. The van der Waals surface area contributed by atoms with Gasteiger partial charge in [-0.15, -0.1) is 0 Å². The molecule has 3 atom stereocenters. The van der Waals surface area contributed by atoms with E-state index < -0.39 is 36.0 Å². The van der Waals surface area contributed by atoms with Crippen LogP contribution in [0.2, 0.25) is 0 Å². The third-order valence-electron chi connectivity index (χ3n) is 9.81. The predicted molar refractivity (Wildman–Crippen MR) is 201 cm³/mol. The van der Waals surface area contributed by atoms with Crippen LogP contribution in [-0.4, -0.2) is 48.3 Å². The molecule has 1 aliphatic carbocycles. The molecule has 9 nitrogen and oxygen atoms in total. The molecule has 0 radical (unpaired) electrons. The second-order valence-corrected chi connectivity index (χ2v) is 13.5. The van der Waals surface area contributed by atoms with Crippen LogP contribution in [0.4, 0.5) is 0 Å². The van der Waals surface area contributed by atoms with E-state index in [4.69, 9.17) is 5.73 Å². The van der Waals surface area contributed by atoms with Crippen molar-refractivity contribution in [3.8, 4) is 0 Å². The van der Waals surface area contributed by atoms with E-state index in [1.165, 1.54) is 0 Å². The molecule has 1 fully saturated rings. The predicted octanol–water partition coefficient (Wildman–Crippen LogP) is 5.47. The van der Waals surface area contributed by atoms with E-state index in [9.17, 15) is 19.2 Å². The maximum atomic E-state index is 14.2. The molecule has 268 valence electrons. The van der Waals surface area contributed by atoms with Crippen molar-refractivity contribution in [2.75, 3.05) is 6.54 Å². The highest BCUT2D eigenvalue weighted by Gasteiger charge is 2.36. The Morgan fingerprint density at radius 1 is 0.667 bits per heavy atom. The summed E-state index contributed by atoms with van der Waals surface area (Å²) in [7, 11) is 0. The molecular formula is C42H51N5O4. The van der Waals surface area contributed by atoms with Gasteiger partial charge in [-0.25, -0.2) is 0 Å². The standard InChI is InChI=1S/C42H51N5O4/c1-2-37(48)44-36(28-29-24-25-30-15-9-12-22-34(30)27-29)41(50)47-39(33-20-10-11-21-33)42(51)45-35(23-13-14-26-43)40(49)46-38(31-16-5-3-6-17-31)32-18-7-4-8-19-32/h3-9,12,15-19,22,24-25,27,33,35-36,38-39H,2,10-11,13-14,20-21,23,26,28,43H2,1H3,(H,44,48)(H,45,51)(H,46,49)(H,47,50)/t35-,36+,39-/m0/s1. The van der Waals surface area contributed by atoms with E-state index in [-0.39, 0.29) is 30.6 Å². The Hall–Kier alpha value is -5.02. The van der Waals surface area contributed by atoms with Crippen molar-refractivity contribution < 1.29 is 19.2 Å². The van der Waals surface area contributed by atoms with Gasteiger partial charge in [-0.05, 0) is 72.0 Å². The topological polar surface area (TPSA) is 142 Å². The van der Waals surface area contributed by atoms with Crippen LogP contribution in [0.15, 0.2) is 103 Å². The number of unbranched alkanes of at least 4 members (excludes halogenated alkanes) is 1. The number of carbonyl (C=O) groups is 4. The summed E-state index contributed by atoms with van der Waals surface area (Å²) in [4.78, 5) is 54.9. The minimum Gasteiger partial charge on any atom is -0.344 e. The van der Waals surface area contributed by atoms with Crippen molar-refractivity contribution >= 4 is 34.4 Å². The van der Waals surface area contributed by atoms with E-state index in [0.717, 1.165) is 53.1 Å². The molecule has 6 N–H and O–H groups in total. The zero-order valence-corrected chi connectivity index (χ0v) is 29.5. The molecule has 9 heteroatoms. The summed E-state index contributed by atoms with van der Waals surface area (Å²) in [6.45, 7) is 2.22. The van der Waals surface area contributed by atoms with Gasteiger partial charge in [0.15, 0.2) is 0 Å². The molecular weight excluding hydrogens is 638 g/mol. The highest BCUT2D eigenvalue weighted by Crippen LogP contribution is 2.29. The minimum atomic E-state index is -0.878. The molecule has 4 aromatic carbocycles. The number of hydrogen-bond acceptors (Lipinski definition) is 5. The van der Waals surface area contributed by atoms with Crippen molar-refractivity contribution in [1.82, 2.24) is 21.3 Å². The van der Waals surface area contributed by atoms with Crippen LogP contribution in [0.3, 0.4) is 0 Å². The van der Waals surface area contributed by atoms with E-state index in [2.05, 4.69) is 21.3 Å². The van der Waals surface area contributed by atoms with E-state index in [0.29, 0.717) is 25.8 Å². The second kappa shape index (κ2) is 18.8. The Labute approximate surface area is 301 Å². The van der Waals surface area contributed by atoms with Crippen LogP contribution in [0.5, 0.6) is 0 Å². The third kappa shape index (κ3) is 10.5. The van der Waals surface area contributed by atoms with Gasteiger partial charge in [-0.2, -0.15) is 0 Å². The maximum Gasteiger partial charge on any atom is 0.243 e. The fourth-order valence-corrected chi connectivity index (χ4v) is 6.97. The fraction of sp³-hybridized carbons (Fsp3) is 0.381. The molecule has 0 heterocycles. The lowest BCUT2D eigenvalue weighted by Crippen LogP contribution is -2.59. The zero-order valence-electron chi connectivity index (χ0n) is 29.5. The molecule has 51 heavy (non-hydrogen) atoms. The maximum absolute atomic E-state index is 14.2. The first-order valence-corrected chi connectivity index (χ1v) is 18.3. The van der Waals surface area contributed by atoms with Crippen molar-refractivity contribution in [2.45, 2.75) is 88.9 Å². The molecule has 1 aliphatic rings. The van der Waals surface area contributed by atoms with Gasteiger partial charge in [-0.1, -0.05) is 123 Å². The molecule has 0 aliphatic heterocycles. The molecule has 4 amide bonds. The van der Waals surface area contributed by atoms with E-state index >= 15 is 0 Å². The normalized spacial score (nSPS) is 14.8. The molecule has 0 unspecified atom stereocenters. The summed E-state index contributed by atoms with van der Waals surface area (Å²) in [5.74, 6) is -1.47. The fourth-order valence-electron chi connectivity index (χ4n) is 6.97. The monoisotopic (exact) mass is 689 g/mol. The van der Waals surface area contributed by atoms with E-state index in [1.807, 2.05) is 103 Å². The van der Waals surface area contributed by atoms with Crippen molar-refractivity contribution in [1.29, 1.82) is 0 Å². The van der Waals surface area contributed by atoms with Gasteiger partial charge in [0.2, 0.25) is 23.6 Å². The van der Waals surface area contributed by atoms with Gasteiger partial charge in [0.25, 0.3) is 0 Å². The van der Waals surface area contributed by atoms with Crippen LogP contribution in [0.25, 0.3) is 10.8 Å². The second-order valence-electron chi connectivity index (χ2n) is 13.5. The lowest BCUT2D eigenvalue weighted by Gasteiger charge is -2.29. The number of benzene rings is 4. The minimum absolute atomic E-state index is 0.0914. The Bertz CT molecular complexity index is 1700. The number of carbonyl (C=O) groups excluding carboxylic acids is 4. The largest absolute Gasteiger partial charge is 0.344 e. The average molecular weight is 690 g/mol. The highest BCUT2D eigenvalue weighted by atomic mass is 16.2. The highest BCUT2D eigenvalue weighted by molar-refractivity contribution is 5.95. The first kappa shape index (κ1) is 37.2. The van der Waals surface area contributed by atoms with Gasteiger partial charge in [0.05, 0.1) is 6.04 Å². The third-order valence-corrected chi connectivity index (χ3v) is 9.81. The van der Waals surface area contributed by atoms with Crippen LogP contribution < -0.4 is 27.0 Å². The number of fused-ring (bicyclic) bond motifs is 1. The summed E-state index contributed by atoms with van der Waals surface area (Å²) < 4.78 is 0. The van der Waals surface area contributed by atoms with Crippen molar-refractivity contribution in [3.63, 3.8) is 0 Å². The number of rotatable bonds is 17. The van der Waals surface area contributed by atoms with Crippen LogP contribution in [0.1, 0.15) is 81.0 Å². The average Bonchev–Trinajstić information content (AvgIpc) is 3.70. The molecule has 0 spiro atoms. The van der Waals surface area contributed by atoms with Crippen LogP contribution in [-0.2, 0) is 25.6 Å². The number of amides is 4. The van der Waals surface area contributed by atoms with Gasteiger partial charge < -0.3 is 27.0 Å². The molecule has 4 aromatic rings. The number of nitrogens with one attached hydrogen (secondary N) is 4. The van der Waals surface area contributed by atoms with Gasteiger partial charge in [0, 0.05) is 12.8 Å². The molecule has 0 saturated heterocycles. The summed E-state index contributed by atoms with van der Waals surface area (Å²) in [5.41, 5.74) is 8.54. The van der Waals surface area contributed by atoms with Crippen LogP contribution in [0, 0.1) is 5.92 Å². The Kier molecular flexibility index (Phi) is 13.7. The lowest BCUT2D eigenvalue weighted by atomic mass is 9.95. The smallest absolute Gasteiger partial charge is 0.243 e. The Balaban J connectivity index is 1.36. The Morgan fingerprint density at radius 3 is 1.90 bits per heavy atom. The van der Waals surface area contributed by atoms with Crippen LogP contribution >= 0.6 is 0 Å². The Morgan fingerprint density at radius 2 is 1.27 bits per heavy atom. The molecule has 5 rings (SSSR count). The first-order valence-electron chi connectivity index (χ1n) is 18.3. The molecule has 0 aromatic heterocycles. The molecule has 1 saturated carbocycles. The quantitative estimate of drug-likeness (QED) is 0.0935. The van der Waals surface area contributed by atoms with Gasteiger partial charge >= 0.3 is 0 Å². The zero-order chi connectivity index (χ0) is 36.0. The summed E-state index contributed by atoms with van der Waals surface area (Å²) in [6.07, 6.45) is 5.71. The summed E-state index contributed by atoms with van der Waals surface area (Å²) >= 11 is 0. The number of nitrogens with two attached hydrogens (primary N) is 1. The van der Waals surface area contributed by atoms with Crippen molar-refractivity contribution in [3.05, 3.63) is 120 Å². The lowest BCUT2D eigenvalue weighted by molar-refractivity contribution is -0.135. The molecule has 0 bridgehead atoms. The van der Waals surface area contributed by atoms with Gasteiger partial charge in [-0.3, -0.25) is 19.2 Å². The number of hydrogen-bond donors (Lipinski definition) is 5. The van der Waals surface area contributed by atoms with Crippen molar-refractivity contribution in [2.24, 2.45) is 11.7 Å². The first-order chi connectivity index (χ1) is 24.9.